The molecular formula is C13H15ClO3. The second-order valence-electron chi connectivity index (χ2n) is 4.27. The van der Waals surface area contributed by atoms with Crippen LogP contribution in [-0.2, 0) is 0 Å². The average molecular weight is 255 g/mol. The van der Waals surface area contributed by atoms with E-state index in [0.717, 1.165) is 11.1 Å². The molecule has 1 aliphatic heterocycles. The molecule has 1 heterocycles. The second kappa shape index (κ2) is 4.98. The number of halogens is 1. The zero-order chi connectivity index (χ0) is 12.4. The Morgan fingerprint density at radius 2 is 2.24 bits per heavy atom. The van der Waals surface area contributed by atoms with E-state index in [0.29, 0.717) is 22.4 Å². The van der Waals surface area contributed by atoms with Gasteiger partial charge in [-0.15, -0.1) is 0 Å². The first-order valence-corrected chi connectivity index (χ1v) is 5.90. The van der Waals surface area contributed by atoms with Crippen molar-refractivity contribution in [1.29, 1.82) is 0 Å². The normalized spacial score (nSPS) is 14.5. The Balaban J connectivity index is 2.37. The zero-order valence-corrected chi connectivity index (χ0v) is 10.6. The predicted molar refractivity (Wildman–Crippen MR) is 67.5 cm³/mol. The highest BCUT2D eigenvalue weighted by Gasteiger charge is 2.17. The minimum Gasteiger partial charge on any atom is -0.454 e. The largest absolute Gasteiger partial charge is 0.454 e. The molecule has 0 unspecified atom stereocenters. The van der Waals surface area contributed by atoms with E-state index in [1.54, 1.807) is 0 Å². The molecule has 1 N–H and O–H groups in total. The molecule has 0 saturated heterocycles. The summed E-state index contributed by atoms with van der Waals surface area (Å²) in [4.78, 5) is 0. The van der Waals surface area contributed by atoms with Gasteiger partial charge in [0, 0.05) is 0 Å². The summed E-state index contributed by atoms with van der Waals surface area (Å²) in [5, 5.41) is 9.80. The van der Waals surface area contributed by atoms with Gasteiger partial charge in [0.05, 0.1) is 11.6 Å². The molecule has 0 fully saturated rings. The Morgan fingerprint density at radius 1 is 1.47 bits per heavy atom. The third-order valence-electron chi connectivity index (χ3n) is 2.73. The molecule has 0 aromatic heterocycles. The SMILES string of the molecule is CC(C)C(=Cc1cc(Cl)c2c(c1)OCO2)CO. The molecule has 0 spiro atoms. The Labute approximate surface area is 106 Å². The third kappa shape index (κ3) is 2.56. The van der Waals surface area contributed by atoms with Crippen LogP contribution in [0, 0.1) is 5.92 Å². The molecule has 17 heavy (non-hydrogen) atoms. The van der Waals surface area contributed by atoms with Crippen molar-refractivity contribution < 1.29 is 14.6 Å². The summed E-state index contributed by atoms with van der Waals surface area (Å²) in [7, 11) is 0. The highest BCUT2D eigenvalue weighted by molar-refractivity contribution is 6.32. The Morgan fingerprint density at radius 3 is 2.88 bits per heavy atom. The molecule has 0 saturated carbocycles. The molecular weight excluding hydrogens is 240 g/mol. The lowest BCUT2D eigenvalue weighted by molar-refractivity contribution is 0.174. The number of ether oxygens (including phenoxy) is 2. The standard InChI is InChI=1S/C13H15ClO3/c1-8(2)10(6-15)3-9-4-11(14)13-12(5-9)16-7-17-13/h3-5,8,15H,6-7H2,1-2H3. The van der Waals surface area contributed by atoms with Gasteiger partial charge in [0.1, 0.15) is 0 Å². The molecule has 0 atom stereocenters. The Hall–Kier alpha value is -1.19. The van der Waals surface area contributed by atoms with Gasteiger partial charge in [-0.3, -0.25) is 0 Å². The van der Waals surface area contributed by atoms with Crippen molar-refractivity contribution in [2.24, 2.45) is 5.92 Å². The summed E-state index contributed by atoms with van der Waals surface area (Å²) in [5.41, 5.74) is 1.87. The first-order chi connectivity index (χ1) is 8.11. The molecule has 1 aromatic carbocycles. The quantitative estimate of drug-likeness (QED) is 0.901. The first-order valence-electron chi connectivity index (χ1n) is 5.52. The van der Waals surface area contributed by atoms with Crippen LogP contribution in [0.1, 0.15) is 19.4 Å². The van der Waals surface area contributed by atoms with Gasteiger partial charge in [0.2, 0.25) is 6.79 Å². The van der Waals surface area contributed by atoms with Crippen molar-refractivity contribution in [3.05, 3.63) is 28.3 Å². The highest BCUT2D eigenvalue weighted by atomic mass is 35.5. The van der Waals surface area contributed by atoms with Gasteiger partial charge in [-0.05, 0) is 29.2 Å². The van der Waals surface area contributed by atoms with E-state index >= 15 is 0 Å². The lowest BCUT2D eigenvalue weighted by atomic mass is 10.0. The molecule has 0 aliphatic carbocycles. The zero-order valence-electron chi connectivity index (χ0n) is 9.87. The van der Waals surface area contributed by atoms with Gasteiger partial charge in [-0.2, -0.15) is 0 Å². The predicted octanol–water partition coefficient (Wildman–Crippen LogP) is 3.10. The van der Waals surface area contributed by atoms with E-state index in [2.05, 4.69) is 0 Å². The minimum atomic E-state index is 0.0454. The average Bonchev–Trinajstić information content (AvgIpc) is 2.74. The highest BCUT2D eigenvalue weighted by Crippen LogP contribution is 2.40. The summed E-state index contributed by atoms with van der Waals surface area (Å²) in [6, 6.07) is 3.68. The van der Waals surface area contributed by atoms with Gasteiger partial charge in [-0.25, -0.2) is 0 Å². The van der Waals surface area contributed by atoms with Crippen LogP contribution in [0.25, 0.3) is 6.08 Å². The van der Waals surface area contributed by atoms with Crippen LogP contribution in [0.3, 0.4) is 0 Å². The van der Waals surface area contributed by atoms with Crippen molar-refractivity contribution in [3.8, 4) is 11.5 Å². The summed E-state index contributed by atoms with van der Waals surface area (Å²) in [6.07, 6.45) is 1.93. The Kier molecular flexibility index (Phi) is 3.60. The lowest BCUT2D eigenvalue weighted by Gasteiger charge is -2.08. The van der Waals surface area contributed by atoms with E-state index in [1.165, 1.54) is 0 Å². The van der Waals surface area contributed by atoms with Gasteiger partial charge in [0.15, 0.2) is 11.5 Å². The van der Waals surface area contributed by atoms with E-state index < -0.39 is 0 Å². The van der Waals surface area contributed by atoms with E-state index in [4.69, 9.17) is 21.1 Å². The maximum absolute atomic E-state index is 9.26. The van der Waals surface area contributed by atoms with E-state index in [9.17, 15) is 5.11 Å². The lowest BCUT2D eigenvalue weighted by Crippen LogP contribution is -1.98. The van der Waals surface area contributed by atoms with Crippen molar-refractivity contribution >= 4 is 17.7 Å². The maximum atomic E-state index is 9.26. The fraction of sp³-hybridized carbons (Fsp3) is 0.385. The van der Waals surface area contributed by atoms with Crippen LogP contribution in [-0.4, -0.2) is 18.5 Å². The third-order valence-corrected chi connectivity index (χ3v) is 3.01. The molecule has 1 aliphatic rings. The smallest absolute Gasteiger partial charge is 0.231 e. The number of hydrogen-bond donors (Lipinski definition) is 1. The number of fused-ring (bicyclic) bond motifs is 1. The van der Waals surface area contributed by atoms with Crippen molar-refractivity contribution in [3.63, 3.8) is 0 Å². The first kappa shape index (κ1) is 12.3. The second-order valence-corrected chi connectivity index (χ2v) is 4.68. The van der Waals surface area contributed by atoms with Crippen molar-refractivity contribution in [1.82, 2.24) is 0 Å². The van der Waals surface area contributed by atoms with Gasteiger partial charge < -0.3 is 14.6 Å². The topological polar surface area (TPSA) is 38.7 Å². The van der Waals surface area contributed by atoms with Crippen molar-refractivity contribution in [2.45, 2.75) is 13.8 Å². The molecule has 2 rings (SSSR count). The monoisotopic (exact) mass is 254 g/mol. The fourth-order valence-electron chi connectivity index (χ4n) is 1.68. The van der Waals surface area contributed by atoms with Crippen LogP contribution in [0.15, 0.2) is 17.7 Å². The van der Waals surface area contributed by atoms with Crippen LogP contribution in [0.4, 0.5) is 0 Å². The molecule has 92 valence electrons. The molecule has 0 bridgehead atoms. The van der Waals surface area contributed by atoms with Gasteiger partial charge in [-0.1, -0.05) is 31.5 Å². The molecule has 0 radical (unpaired) electrons. The van der Waals surface area contributed by atoms with Crippen molar-refractivity contribution in [2.75, 3.05) is 13.4 Å². The molecule has 1 aromatic rings. The van der Waals surface area contributed by atoms with E-state index in [-0.39, 0.29) is 13.4 Å². The number of aliphatic hydroxyl groups excluding tert-OH is 1. The summed E-state index contributed by atoms with van der Waals surface area (Å²) in [6.45, 7) is 4.33. The number of aliphatic hydroxyl groups is 1. The molecule has 0 amide bonds. The number of rotatable bonds is 3. The fourth-order valence-corrected chi connectivity index (χ4v) is 1.95. The van der Waals surface area contributed by atoms with Gasteiger partial charge >= 0.3 is 0 Å². The minimum absolute atomic E-state index is 0.0454. The molecule has 4 heteroatoms. The van der Waals surface area contributed by atoms with E-state index in [1.807, 2.05) is 32.1 Å². The van der Waals surface area contributed by atoms with Gasteiger partial charge in [0.25, 0.3) is 0 Å². The Bertz CT molecular complexity index is 452. The van der Waals surface area contributed by atoms with Crippen LogP contribution < -0.4 is 9.47 Å². The number of benzene rings is 1. The summed E-state index contributed by atoms with van der Waals surface area (Å²) >= 11 is 6.08. The number of hydrogen-bond acceptors (Lipinski definition) is 3. The van der Waals surface area contributed by atoms with Crippen LogP contribution in [0.2, 0.25) is 5.02 Å². The van der Waals surface area contributed by atoms with Crippen LogP contribution in [0.5, 0.6) is 11.5 Å². The summed E-state index contributed by atoms with van der Waals surface area (Å²) < 4.78 is 10.5. The summed E-state index contributed by atoms with van der Waals surface area (Å²) in [5.74, 6) is 1.55. The van der Waals surface area contributed by atoms with Crippen LogP contribution >= 0.6 is 11.6 Å². The maximum Gasteiger partial charge on any atom is 0.231 e. The molecule has 3 nitrogen and oxygen atoms in total.